The summed E-state index contributed by atoms with van der Waals surface area (Å²) >= 11 is 1.60. The van der Waals surface area contributed by atoms with Gasteiger partial charge in [-0.15, -0.1) is 0 Å². The molecule has 2 amide bonds. The molecule has 4 rings (SSSR count). The number of carbonyl (C=O) groups is 2. The number of sulfonamides is 1. The predicted molar refractivity (Wildman–Crippen MR) is 107 cm³/mol. The Morgan fingerprint density at radius 3 is 2.25 bits per heavy atom. The topological polar surface area (TPSA) is 86.8 Å². The molecule has 2 aromatic rings. The van der Waals surface area contributed by atoms with Gasteiger partial charge in [0.25, 0.3) is 0 Å². The third-order valence-corrected chi connectivity index (χ3v) is 7.32. The van der Waals surface area contributed by atoms with Crippen LogP contribution in [0.15, 0.2) is 46.0 Å². The quantitative estimate of drug-likeness (QED) is 0.695. The third kappa shape index (κ3) is 3.75. The van der Waals surface area contributed by atoms with Crippen LogP contribution in [-0.2, 0) is 19.6 Å². The second kappa shape index (κ2) is 7.75. The van der Waals surface area contributed by atoms with E-state index < -0.39 is 10.0 Å². The van der Waals surface area contributed by atoms with Crippen molar-refractivity contribution in [3.63, 3.8) is 0 Å². The summed E-state index contributed by atoms with van der Waals surface area (Å²) in [4.78, 5) is 27.1. The van der Waals surface area contributed by atoms with Gasteiger partial charge in [-0.3, -0.25) is 19.4 Å². The molecule has 2 aliphatic heterocycles. The fourth-order valence-corrected chi connectivity index (χ4v) is 5.23. The molecule has 1 aromatic heterocycles. The van der Waals surface area contributed by atoms with E-state index in [1.807, 2.05) is 11.4 Å². The van der Waals surface area contributed by atoms with Gasteiger partial charge in [-0.2, -0.15) is 11.3 Å². The molecule has 2 fully saturated rings. The molecule has 1 atom stereocenters. The molecule has 3 heterocycles. The first kappa shape index (κ1) is 19.3. The average Bonchev–Trinajstić information content (AvgIpc) is 3.27. The molecule has 2 saturated heterocycles. The van der Waals surface area contributed by atoms with Crippen LogP contribution in [0.1, 0.15) is 30.9 Å². The molecule has 0 radical (unpaired) electrons. The molecule has 1 aromatic carbocycles. The van der Waals surface area contributed by atoms with Gasteiger partial charge in [0.05, 0.1) is 10.6 Å². The number of nitrogens with zero attached hydrogens (tertiary/aromatic N) is 2. The summed E-state index contributed by atoms with van der Waals surface area (Å²) in [7, 11) is -3.69. The van der Waals surface area contributed by atoms with Crippen molar-refractivity contribution in [2.45, 2.75) is 30.2 Å². The predicted octanol–water partition coefficient (Wildman–Crippen LogP) is 2.13. The van der Waals surface area contributed by atoms with Crippen LogP contribution in [0, 0.1) is 0 Å². The number of likely N-dealkylation sites (tertiary alicyclic amines) is 1. The lowest BCUT2D eigenvalue weighted by atomic mass is 10.1. The fraction of sp³-hybridized carbons (Fsp3) is 0.368. The zero-order chi connectivity index (χ0) is 19.7. The zero-order valence-corrected chi connectivity index (χ0v) is 16.8. The average molecular weight is 420 g/mol. The van der Waals surface area contributed by atoms with E-state index in [0.29, 0.717) is 12.2 Å². The van der Waals surface area contributed by atoms with Crippen molar-refractivity contribution in [3.05, 3.63) is 46.7 Å². The van der Waals surface area contributed by atoms with Crippen LogP contribution in [-0.4, -0.2) is 44.8 Å². The number of nitrogens with one attached hydrogen (secondary N) is 1. The number of carbonyl (C=O) groups excluding carboxylic acids is 2. The summed E-state index contributed by atoms with van der Waals surface area (Å²) in [6.45, 7) is 2.23. The smallest absolute Gasteiger partial charge is 0.240 e. The van der Waals surface area contributed by atoms with E-state index in [2.05, 4.69) is 15.0 Å². The summed E-state index contributed by atoms with van der Waals surface area (Å²) in [6.07, 6.45) is 1.52. The largest absolute Gasteiger partial charge is 0.295 e. The van der Waals surface area contributed by atoms with Gasteiger partial charge in [-0.1, -0.05) is 0 Å². The minimum atomic E-state index is -3.69. The molecule has 28 heavy (non-hydrogen) atoms. The van der Waals surface area contributed by atoms with Crippen LogP contribution in [0.2, 0.25) is 0 Å². The number of rotatable bonds is 7. The van der Waals surface area contributed by atoms with Gasteiger partial charge < -0.3 is 0 Å². The van der Waals surface area contributed by atoms with Gasteiger partial charge in [0.15, 0.2) is 0 Å². The highest BCUT2D eigenvalue weighted by molar-refractivity contribution is 7.89. The maximum atomic E-state index is 12.7. The first-order valence-electron chi connectivity index (χ1n) is 9.17. The lowest BCUT2D eigenvalue weighted by molar-refractivity contribution is -0.121. The van der Waals surface area contributed by atoms with Gasteiger partial charge in [-0.25, -0.2) is 13.1 Å². The maximum Gasteiger partial charge on any atom is 0.240 e. The summed E-state index contributed by atoms with van der Waals surface area (Å²) in [5.74, 6) is -0.515. The molecule has 9 heteroatoms. The Labute approximate surface area is 168 Å². The van der Waals surface area contributed by atoms with E-state index in [9.17, 15) is 18.0 Å². The molecule has 148 valence electrons. The monoisotopic (exact) mass is 419 g/mol. The lowest BCUT2D eigenvalue weighted by Gasteiger charge is -2.38. The number of thiophene rings is 1. The van der Waals surface area contributed by atoms with Crippen LogP contribution in [0.5, 0.6) is 0 Å². The summed E-state index contributed by atoms with van der Waals surface area (Å²) in [6, 6.07) is 7.91. The normalized spacial score (nSPS) is 19.1. The Bertz CT molecular complexity index is 951. The van der Waals surface area contributed by atoms with E-state index in [1.54, 1.807) is 11.3 Å². The molecular formula is C19H21N3O4S2. The summed E-state index contributed by atoms with van der Waals surface area (Å²) < 4.78 is 28.2. The second-order valence-corrected chi connectivity index (χ2v) is 9.48. The van der Waals surface area contributed by atoms with Crippen LogP contribution in [0.25, 0.3) is 0 Å². The Hall–Kier alpha value is -2.07. The van der Waals surface area contributed by atoms with Crippen molar-refractivity contribution in [1.29, 1.82) is 0 Å². The number of benzene rings is 1. The van der Waals surface area contributed by atoms with Crippen LogP contribution < -0.4 is 9.62 Å². The molecule has 0 bridgehead atoms. The minimum Gasteiger partial charge on any atom is -0.295 e. The van der Waals surface area contributed by atoms with Crippen LogP contribution in [0.4, 0.5) is 5.69 Å². The number of anilines is 1. The Morgan fingerprint density at radius 2 is 1.71 bits per heavy atom. The van der Waals surface area contributed by atoms with Crippen LogP contribution >= 0.6 is 11.3 Å². The van der Waals surface area contributed by atoms with Crippen molar-refractivity contribution in [2.75, 3.05) is 24.5 Å². The van der Waals surface area contributed by atoms with E-state index in [1.165, 1.54) is 24.3 Å². The first-order valence-corrected chi connectivity index (χ1v) is 11.6. The number of imide groups is 1. The molecule has 7 nitrogen and oxygen atoms in total. The molecular weight excluding hydrogens is 398 g/mol. The van der Waals surface area contributed by atoms with Crippen molar-refractivity contribution >= 4 is 38.9 Å². The Morgan fingerprint density at radius 1 is 1.04 bits per heavy atom. The van der Waals surface area contributed by atoms with Gasteiger partial charge >= 0.3 is 0 Å². The Kier molecular flexibility index (Phi) is 5.33. The molecule has 0 saturated carbocycles. The van der Waals surface area contributed by atoms with Crippen molar-refractivity contribution in [3.8, 4) is 0 Å². The molecule has 1 N–H and O–H groups in total. The van der Waals surface area contributed by atoms with Gasteiger partial charge in [0.1, 0.15) is 0 Å². The third-order valence-electron chi connectivity index (χ3n) is 5.18. The molecule has 1 unspecified atom stereocenters. The highest BCUT2D eigenvalue weighted by Gasteiger charge is 2.31. The standard InChI is InChI=1S/C19H21N3O4S2/c23-18-6-7-19(24)22(18)15-2-4-16(5-3-15)28(25,26)20-12-17(21-9-1-10-21)14-8-11-27-13-14/h2-5,8,11,13,17,20H,1,6-7,9-10,12H2. The minimum absolute atomic E-state index is 0.0221. The summed E-state index contributed by atoms with van der Waals surface area (Å²) in [5.41, 5.74) is 1.52. The van der Waals surface area contributed by atoms with Crippen molar-refractivity contribution < 1.29 is 18.0 Å². The highest BCUT2D eigenvalue weighted by Crippen LogP contribution is 2.28. The molecule has 0 aliphatic carbocycles. The second-order valence-electron chi connectivity index (χ2n) is 6.93. The summed E-state index contributed by atoms with van der Waals surface area (Å²) in [5, 5.41) is 4.05. The number of amides is 2. The lowest BCUT2D eigenvalue weighted by Crippen LogP contribution is -2.44. The van der Waals surface area contributed by atoms with Crippen LogP contribution in [0.3, 0.4) is 0 Å². The van der Waals surface area contributed by atoms with Gasteiger partial charge in [-0.05, 0) is 53.1 Å². The van der Waals surface area contributed by atoms with E-state index in [-0.39, 0.29) is 35.6 Å². The SMILES string of the molecule is O=C1CCC(=O)N1c1ccc(S(=O)(=O)NCC(c2ccsc2)N2CCC2)cc1. The van der Waals surface area contributed by atoms with E-state index in [0.717, 1.165) is 30.0 Å². The van der Waals surface area contributed by atoms with Crippen molar-refractivity contribution in [1.82, 2.24) is 9.62 Å². The van der Waals surface area contributed by atoms with Crippen molar-refractivity contribution in [2.24, 2.45) is 0 Å². The first-order chi connectivity index (χ1) is 13.5. The molecule has 0 spiro atoms. The van der Waals surface area contributed by atoms with E-state index in [4.69, 9.17) is 0 Å². The highest BCUT2D eigenvalue weighted by atomic mass is 32.2. The fourth-order valence-electron chi connectivity index (χ4n) is 3.49. The Balaban J connectivity index is 1.47. The van der Waals surface area contributed by atoms with Gasteiger partial charge in [0, 0.05) is 38.5 Å². The van der Waals surface area contributed by atoms with E-state index >= 15 is 0 Å². The maximum absolute atomic E-state index is 12.7. The number of hydrogen-bond donors (Lipinski definition) is 1. The molecule has 2 aliphatic rings. The zero-order valence-electron chi connectivity index (χ0n) is 15.2. The van der Waals surface area contributed by atoms with Gasteiger partial charge in [0.2, 0.25) is 21.8 Å². The number of hydrogen-bond acceptors (Lipinski definition) is 6.